The van der Waals surface area contributed by atoms with Gasteiger partial charge in [0.25, 0.3) is 5.90 Å². The van der Waals surface area contributed by atoms with E-state index in [0.717, 1.165) is 0 Å². The molecule has 0 aromatic heterocycles. The minimum absolute atomic E-state index is 0.0214. The van der Waals surface area contributed by atoms with Crippen LogP contribution in [0, 0.1) is 5.41 Å². The van der Waals surface area contributed by atoms with Gasteiger partial charge in [-0.15, -0.1) is 0 Å². The maximum absolute atomic E-state index is 7.28. The number of hydrogen-bond donors (Lipinski definition) is 1. The van der Waals surface area contributed by atoms with Crippen molar-refractivity contribution in [2.75, 3.05) is 7.11 Å². The number of hydrogen-bond acceptors (Lipinski definition) is 3. The van der Waals surface area contributed by atoms with Crippen LogP contribution in [0.1, 0.15) is 5.56 Å². The van der Waals surface area contributed by atoms with Crippen LogP contribution in [0.5, 0.6) is 0 Å². The lowest BCUT2D eigenvalue weighted by Crippen LogP contribution is -2.03. The Morgan fingerprint density at radius 3 is 2.45 bits per heavy atom. The molecule has 0 heterocycles. The highest BCUT2D eigenvalue weighted by molar-refractivity contribution is 5.90. The largest absolute Gasteiger partial charge is 0.317 e. The van der Waals surface area contributed by atoms with Crippen molar-refractivity contribution < 1.29 is 9.78 Å². The zero-order valence-electron chi connectivity index (χ0n) is 6.20. The standard InChI is InChI=1S/C8H9NO2/c1-10-11-8(9)7-5-3-2-4-6-7/h2-6,9H,1H3. The molecule has 0 amide bonds. The Morgan fingerprint density at radius 1 is 1.27 bits per heavy atom. The summed E-state index contributed by atoms with van der Waals surface area (Å²) in [4.78, 5) is 8.84. The van der Waals surface area contributed by atoms with Crippen molar-refractivity contribution in [3.8, 4) is 0 Å². The van der Waals surface area contributed by atoms with Gasteiger partial charge in [-0.2, -0.15) is 4.89 Å². The molecule has 0 fully saturated rings. The molecule has 0 bridgehead atoms. The smallest absolute Gasteiger partial charge is 0.256 e. The Kier molecular flexibility index (Phi) is 2.63. The molecule has 1 rings (SSSR count). The highest BCUT2D eigenvalue weighted by Gasteiger charge is 1.99. The summed E-state index contributed by atoms with van der Waals surface area (Å²) in [6.45, 7) is 0. The third kappa shape index (κ3) is 2.05. The molecule has 1 N–H and O–H groups in total. The molecule has 0 atom stereocenters. The summed E-state index contributed by atoms with van der Waals surface area (Å²) in [6, 6.07) is 9.11. The second kappa shape index (κ2) is 3.73. The third-order valence-corrected chi connectivity index (χ3v) is 1.20. The van der Waals surface area contributed by atoms with Crippen LogP contribution in [0.4, 0.5) is 0 Å². The van der Waals surface area contributed by atoms with E-state index < -0.39 is 0 Å². The van der Waals surface area contributed by atoms with Gasteiger partial charge >= 0.3 is 0 Å². The van der Waals surface area contributed by atoms with Crippen LogP contribution < -0.4 is 0 Å². The minimum atomic E-state index is 0.0214. The van der Waals surface area contributed by atoms with E-state index in [1.165, 1.54) is 7.11 Å². The minimum Gasteiger partial charge on any atom is -0.317 e. The predicted octanol–water partition coefficient (Wildman–Crippen LogP) is 1.59. The summed E-state index contributed by atoms with van der Waals surface area (Å²) in [6.07, 6.45) is 0. The van der Waals surface area contributed by atoms with Crippen LogP contribution in [0.15, 0.2) is 30.3 Å². The van der Waals surface area contributed by atoms with Crippen molar-refractivity contribution in [3.05, 3.63) is 35.9 Å². The molecular weight excluding hydrogens is 142 g/mol. The molecule has 0 aliphatic heterocycles. The summed E-state index contributed by atoms with van der Waals surface area (Å²) in [5.41, 5.74) is 0.703. The number of rotatable bonds is 2. The first-order valence-corrected chi connectivity index (χ1v) is 3.19. The maximum atomic E-state index is 7.28. The van der Waals surface area contributed by atoms with Crippen LogP contribution in [-0.2, 0) is 9.78 Å². The lowest BCUT2D eigenvalue weighted by Gasteiger charge is -2.00. The lowest BCUT2D eigenvalue weighted by molar-refractivity contribution is -0.194. The zero-order valence-corrected chi connectivity index (χ0v) is 6.20. The fraction of sp³-hybridized carbons (Fsp3) is 0.125. The molecule has 3 heteroatoms. The second-order valence-electron chi connectivity index (χ2n) is 1.95. The van der Waals surface area contributed by atoms with Crippen molar-refractivity contribution >= 4 is 5.90 Å². The average Bonchev–Trinajstić information content (AvgIpc) is 2.07. The van der Waals surface area contributed by atoms with Crippen molar-refractivity contribution in [2.45, 2.75) is 0 Å². The summed E-state index contributed by atoms with van der Waals surface area (Å²) in [5, 5.41) is 7.28. The van der Waals surface area contributed by atoms with E-state index >= 15 is 0 Å². The van der Waals surface area contributed by atoms with Gasteiger partial charge in [-0.25, -0.2) is 0 Å². The summed E-state index contributed by atoms with van der Waals surface area (Å²) in [5.74, 6) is 0.0214. The van der Waals surface area contributed by atoms with Gasteiger partial charge in [0.2, 0.25) is 0 Å². The highest BCUT2D eigenvalue weighted by atomic mass is 17.2. The van der Waals surface area contributed by atoms with E-state index in [2.05, 4.69) is 9.78 Å². The van der Waals surface area contributed by atoms with E-state index in [0.29, 0.717) is 5.56 Å². The first-order chi connectivity index (χ1) is 5.34. The van der Waals surface area contributed by atoms with Gasteiger partial charge in [0.05, 0.1) is 7.11 Å². The molecule has 1 aromatic rings. The van der Waals surface area contributed by atoms with E-state index in [9.17, 15) is 0 Å². The Balaban J connectivity index is 2.69. The first kappa shape index (κ1) is 7.75. The van der Waals surface area contributed by atoms with Crippen molar-refractivity contribution in [1.82, 2.24) is 0 Å². The molecule has 0 aliphatic carbocycles. The monoisotopic (exact) mass is 151 g/mol. The molecule has 0 spiro atoms. The quantitative estimate of drug-likeness (QED) is 0.302. The fourth-order valence-corrected chi connectivity index (χ4v) is 0.721. The summed E-state index contributed by atoms with van der Waals surface area (Å²) >= 11 is 0. The van der Waals surface area contributed by atoms with Gasteiger partial charge in [-0.05, 0) is 12.1 Å². The molecule has 0 aliphatic rings. The van der Waals surface area contributed by atoms with Crippen LogP contribution in [0.3, 0.4) is 0 Å². The van der Waals surface area contributed by atoms with Crippen molar-refractivity contribution in [1.29, 1.82) is 5.41 Å². The van der Waals surface area contributed by atoms with Crippen LogP contribution in [0.25, 0.3) is 0 Å². The van der Waals surface area contributed by atoms with E-state index in [4.69, 9.17) is 5.41 Å². The molecule has 0 unspecified atom stereocenters. The summed E-state index contributed by atoms with van der Waals surface area (Å²) < 4.78 is 0. The van der Waals surface area contributed by atoms with Gasteiger partial charge in [-0.3, -0.25) is 5.41 Å². The first-order valence-electron chi connectivity index (χ1n) is 3.19. The van der Waals surface area contributed by atoms with Crippen LogP contribution in [0.2, 0.25) is 0 Å². The molecule has 3 nitrogen and oxygen atoms in total. The Labute approximate surface area is 65.0 Å². The normalized spacial score (nSPS) is 9.18. The number of nitrogens with one attached hydrogen (secondary N) is 1. The average molecular weight is 151 g/mol. The van der Waals surface area contributed by atoms with Crippen LogP contribution >= 0.6 is 0 Å². The van der Waals surface area contributed by atoms with Gasteiger partial charge in [-0.1, -0.05) is 18.2 Å². The highest BCUT2D eigenvalue weighted by Crippen LogP contribution is 1.99. The van der Waals surface area contributed by atoms with Gasteiger partial charge in [0, 0.05) is 5.56 Å². The van der Waals surface area contributed by atoms with Gasteiger partial charge < -0.3 is 4.89 Å². The maximum Gasteiger partial charge on any atom is 0.256 e. The topological polar surface area (TPSA) is 42.3 Å². The SMILES string of the molecule is COOC(=N)c1ccccc1. The molecule has 0 radical (unpaired) electrons. The fourth-order valence-electron chi connectivity index (χ4n) is 0.721. The molecule has 58 valence electrons. The van der Waals surface area contributed by atoms with E-state index in [1.807, 2.05) is 18.2 Å². The molecule has 1 aromatic carbocycles. The predicted molar refractivity (Wildman–Crippen MR) is 41.4 cm³/mol. The Morgan fingerprint density at radius 2 is 1.91 bits per heavy atom. The van der Waals surface area contributed by atoms with Crippen molar-refractivity contribution in [3.63, 3.8) is 0 Å². The van der Waals surface area contributed by atoms with Crippen LogP contribution in [-0.4, -0.2) is 13.0 Å². The number of benzene rings is 1. The Hall–Kier alpha value is -1.35. The molecule has 11 heavy (non-hydrogen) atoms. The summed E-state index contributed by atoms with van der Waals surface area (Å²) in [7, 11) is 1.37. The third-order valence-electron chi connectivity index (χ3n) is 1.20. The zero-order chi connectivity index (χ0) is 8.10. The van der Waals surface area contributed by atoms with Crippen molar-refractivity contribution in [2.24, 2.45) is 0 Å². The van der Waals surface area contributed by atoms with E-state index in [-0.39, 0.29) is 5.90 Å². The van der Waals surface area contributed by atoms with Gasteiger partial charge in [0.1, 0.15) is 0 Å². The lowest BCUT2D eigenvalue weighted by atomic mass is 10.2. The Bertz CT molecular complexity index is 233. The molecule has 0 saturated carbocycles. The second-order valence-corrected chi connectivity index (χ2v) is 1.95. The van der Waals surface area contributed by atoms with E-state index in [1.54, 1.807) is 12.1 Å². The van der Waals surface area contributed by atoms with Gasteiger partial charge in [0.15, 0.2) is 0 Å². The molecule has 0 saturated heterocycles. The molecular formula is C8H9NO2.